The summed E-state index contributed by atoms with van der Waals surface area (Å²) in [4.78, 5) is 4.21. The van der Waals surface area contributed by atoms with Gasteiger partial charge in [-0.2, -0.15) is 0 Å². The van der Waals surface area contributed by atoms with Crippen LogP contribution >= 0.6 is 28.1 Å². The number of rotatable bonds is 3. The number of thiocarbonyl (C=S) groups is 1. The lowest BCUT2D eigenvalue weighted by molar-refractivity contribution is 0.171. The minimum absolute atomic E-state index is 0.518. The van der Waals surface area contributed by atoms with Crippen LogP contribution in [0.3, 0.4) is 0 Å². The first-order valence-electron chi connectivity index (χ1n) is 6.76. The second kappa shape index (κ2) is 6.93. The smallest absolute Gasteiger partial charge is 0.172 e. The molecule has 0 unspecified atom stereocenters. The van der Waals surface area contributed by atoms with Gasteiger partial charge >= 0.3 is 0 Å². The van der Waals surface area contributed by atoms with Gasteiger partial charge in [0, 0.05) is 17.2 Å². The fourth-order valence-electron chi connectivity index (χ4n) is 1.99. The zero-order valence-electron chi connectivity index (χ0n) is 11.6. The molecule has 0 saturated carbocycles. The molecular formula is C15H14BrN3O2S. The van der Waals surface area contributed by atoms with Crippen LogP contribution in [0.1, 0.15) is 5.56 Å². The van der Waals surface area contributed by atoms with E-state index < -0.39 is 0 Å². The van der Waals surface area contributed by atoms with E-state index >= 15 is 0 Å². The summed E-state index contributed by atoms with van der Waals surface area (Å²) in [6.45, 7) is 1.77. The van der Waals surface area contributed by atoms with E-state index in [9.17, 15) is 0 Å². The molecule has 1 aromatic carbocycles. The number of aromatic nitrogens is 1. The molecule has 0 atom stereocenters. The molecule has 7 heteroatoms. The molecule has 2 heterocycles. The highest BCUT2D eigenvalue weighted by Gasteiger charge is 2.11. The normalized spacial score (nSPS) is 12.6. The Kier molecular flexibility index (Phi) is 4.74. The first-order chi connectivity index (χ1) is 10.7. The van der Waals surface area contributed by atoms with Crippen molar-refractivity contribution in [3.8, 4) is 11.5 Å². The zero-order chi connectivity index (χ0) is 15.4. The Morgan fingerprint density at radius 3 is 2.77 bits per heavy atom. The fourth-order valence-corrected chi connectivity index (χ4v) is 2.40. The lowest BCUT2D eigenvalue weighted by Gasteiger charge is -2.19. The van der Waals surface area contributed by atoms with E-state index in [1.54, 1.807) is 6.20 Å². The molecule has 5 nitrogen and oxygen atoms in total. The summed E-state index contributed by atoms with van der Waals surface area (Å²) in [7, 11) is 0. The monoisotopic (exact) mass is 379 g/mol. The molecular weight excluding hydrogens is 366 g/mol. The standard InChI is InChI=1S/C15H14BrN3O2S/c16-11-2-4-14(17-9-11)19-15(22)18-8-10-1-3-12-13(7-10)21-6-5-20-12/h1-4,7,9H,5-6,8H2,(H2,17,18,19,22). The maximum Gasteiger partial charge on any atom is 0.172 e. The number of nitrogens with zero attached hydrogens (tertiary/aromatic N) is 1. The van der Waals surface area contributed by atoms with E-state index in [0.717, 1.165) is 21.5 Å². The third-order valence-corrected chi connectivity index (χ3v) is 3.74. The molecule has 0 spiro atoms. The van der Waals surface area contributed by atoms with E-state index in [-0.39, 0.29) is 0 Å². The van der Waals surface area contributed by atoms with E-state index in [4.69, 9.17) is 21.7 Å². The summed E-state index contributed by atoms with van der Waals surface area (Å²) in [5.41, 5.74) is 1.07. The van der Waals surface area contributed by atoms with E-state index in [0.29, 0.717) is 30.7 Å². The van der Waals surface area contributed by atoms with Crippen LogP contribution in [0, 0.1) is 0 Å². The molecule has 0 fully saturated rings. The Labute approximate surface area is 142 Å². The average molecular weight is 380 g/mol. The van der Waals surface area contributed by atoms with Crippen LogP contribution in [0.5, 0.6) is 11.5 Å². The maximum atomic E-state index is 5.56. The number of pyridine rings is 1. The largest absolute Gasteiger partial charge is 0.486 e. The topological polar surface area (TPSA) is 55.4 Å². The number of hydrogen-bond acceptors (Lipinski definition) is 4. The average Bonchev–Trinajstić information content (AvgIpc) is 2.55. The highest BCUT2D eigenvalue weighted by molar-refractivity contribution is 9.10. The van der Waals surface area contributed by atoms with Crippen LogP contribution in [-0.2, 0) is 6.54 Å². The Morgan fingerprint density at radius 2 is 2.00 bits per heavy atom. The summed E-state index contributed by atoms with van der Waals surface area (Å²) < 4.78 is 12.0. The van der Waals surface area contributed by atoms with E-state index in [2.05, 4.69) is 31.5 Å². The van der Waals surface area contributed by atoms with Crippen molar-refractivity contribution >= 4 is 39.1 Å². The van der Waals surface area contributed by atoms with Gasteiger partial charge in [0.2, 0.25) is 0 Å². The number of nitrogens with one attached hydrogen (secondary N) is 2. The highest BCUT2D eigenvalue weighted by atomic mass is 79.9. The number of ether oxygens (including phenoxy) is 2. The molecule has 2 N–H and O–H groups in total. The van der Waals surface area contributed by atoms with Crippen LogP contribution in [-0.4, -0.2) is 23.3 Å². The van der Waals surface area contributed by atoms with Crippen molar-refractivity contribution in [2.75, 3.05) is 18.5 Å². The minimum Gasteiger partial charge on any atom is -0.486 e. The van der Waals surface area contributed by atoms with Crippen molar-refractivity contribution in [1.29, 1.82) is 0 Å². The molecule has 0 amide bonds. The first kappa shape index (κ1) is 15.1. The molecule has 0 saturated heterocycles. The third kappa shape index (κ3) is 3.86. The van der Waals surface area contributed by atoms with Gasteiger partial charge < -0.3 is 20.1 Å². The number of halogens is 1. The molecule has 22 heavy (non-hydrogen) atoms. The van der Waals surface area contributed by atoms with Gasteiger partial charge in [-0.25, -0.2) is 4.98 Å². The second-order valence-corrected chi connectivity index (χ2v) is 5.97. The number of hydrogen-bond donors (Lipinski definition) is 2. The van der Waals surface area contributed by atoms with Crippen LogP contribution in [0.25, 0.3) is 0 Å². The van der Waals surface area contributed by atoms with Crippen molar-refractivity contribution in [1.82, 2.24) is 10.3 Å². The molecule has 0 aliphatic carbocycles. The predicted octanol–water partition coefficient (Wildman–Crippen LogP) is 3.10. The first-order valence-corrected chi connectivity index (χ1v) is 7.96. The molecule has 1 aromatic heterocycles. The molecule has 1 aliphatic heterocycles. The Balaban J connectivity index is 1.55. The third-order valence-electron chi connectivity index (χ3n) is 3.03. The van der Waals surface area contributed by atoms with Crippen molar-refractivity contribution < 1.29 is 9.47 Å². The van der Waals surface area contributed by atoms with Crippen molar-refractivity contribution in [2.45, 2.75) is 6.54 Å². The van der Waals surface area contributed by atoms with Crippen LogP contribution in [0.2, 0.25) is 0 Å². The summed E-state index contributed by atoms with van der Waals surface area (Å²) in [6.07, 6.45) is 1.71. The molecule has 0 bridgehead atoms. The van der Waals surface area contributed by atoms with Gasteiger partial charge in [-0.15, -0.1) is 0 Å². The van der Waals surface area contributed by atoms with Gasteiger partial charge in [-0.05, 0) is 58.0 Å². The van der Waals surface area contributed by atoms with Gasteiger partial charge in [-0.1, -0.05) is 6.07 Å². The van der Waals surface area contributed by atoms with Crippen LogP contribution in [0.4, 0.5) is 5.82 Å². The molecule has 0 radical (unpaired) electrons. The van der Waals surface area contributed by atoms with Gasteiger partial charge in [0.25, 0.3) is 0 Å². The second-order valence-electron chi connectivity index (χ2n) is 4.65. The molecule has 114 valence electrons. The molecule has 2 aromatic rings. The minimum atomic E-state index is 0.518. The van der Waals surface area contributed by atoms with Crippen molar-refractivity contribution in [3.63, 3.8) is 0 Å². The van der Waals surface area contributed by atoms with Gasteiger partial charge in [0.05, 0.1) is 0 Å². The Bertz CT molecular complexity index is 679. The van der Waals surface area contributed by atoms with Crippen LogP contribution in [0.15, 0.2) is 41.0 Å². The summed E-state index contributed by atoms with van der Waals surface area (Å²) in [6, 6.07) is 9.61. The quantitative estimate of drug-likeness (QED) is 0.799. The Hall–Kier alpha value is -1.86. The SMILES string of the molecule is S=C(NCc1ccc2c(c1)OCCO2)Nc1ccc(Br)cn1. The Morgan fingerprint density at radius 1 is 1.18 bits per heavy atom. The zero-order valence-corrected chi connectivity index (χ0v) is 14.0. The van der Waals surface area contributed by atoms with Crippen LogP contribution < -0.4 is 20.1 Å². The highest BCUT2D eigenvalue weighted by Crippen LogP contribution is 2.30. The van der Waals surface area contributed by atoms with Gasteiger partial charge in [-0.3, -0.25) is 0 Å². The summed E-state index contributed by atoms with van der Waals surface area (Å²) >= 11 is 8.60. The summed E-state index contributed by atoms with van der Waals surface area (Å²) in [5, 5.41) is 6.69. The lowest BCUT2D eigenvalue weighted by Crippen LogP contribution is -2.28. The van der Waals surface area contributed by atoms with E-state index in [1.807, 2.05) is 30.3 Å². The molecule has 3 rings (SSSR count). The van der Waals surface area contributed by atoms with Crippen molar-refractivity contribution in [3.05, 3.63) is 46.6 Å². The van der Waals surface area contributed by atoms with E-state index in [1.165, 1.54) is 0 Å². The maximum absolute atomic E-state index is 5.56. The predicted molar refractivity (Wildman–Crippen MR) is 92.4 cm³/mol. The van der Waals surface area contributed by atoms with Gasteiger partial charge in [0.15, 0.2) is 16.6 Å². The summed E-state index contributed by atoms with van der Waals surface area (Å²) in [5.74, 6) is 2.26. The lowest BCUT2D eigenvalue weighted by atomic mass is 10.2. The fraction of sp³-hybridized carbons (Fsp3) is 0.200. The number of benzene rings is 1. The number of fused-ring (bicyclic) bond motifs is 1. The van der Waals surface area contributed by atoms with Gasteiger partial charge in [0.1, 0.15) is 19.0 Å². The number of anilines is 1. The van der Waals surface area contributed by atoms with Crippen molar-refractivity contribution in [2.24, 2.45) is 0 Å². The molecule has 1 aliphatic rings.